The predicted molar refractivity (Wildman–Crippen MR) is 127 cm³/mol. The van der Waals surface area contributed by atoms with Crippen LogP contribution in [0, 0.1) is 0 Å². The largest absolute Gasteiger partial charge is 0.331 e. The van der Waals surface area contributed by atoms with Gasteiger partial charge in [0.25, 0.3) is 21.7 Å². The number of benzene rings is 2. The van der Waals surface area contributed by atoms with E-state index in [1.54, 1.807) is 29.2 Å². The number of nitrogens with one attached hydrogen (secondary N) is 4. The summed E-state index contributed by atoms with van der Waals surface area (Å²) in [6.45, 7) is 2.64. The molecule has 1 fully saturated rings. The summed E-state index contributed by atoms with van der Waals surface area (Å²) in [4.78, 5) is 36.7. The third kappa shape index (κ3) is 4.37. The Morgan fingerprint density at radius 1 is 0.912 bits per heavy atom. The van der Waals surface area contributed by atoms with Crippen molar-refractivity contribution < 1.29 is 18.2 Å². The Labute approximate surface area is 195 Å². The maximum absolute atomic E-state index is 12.9. The third-order valence-electron chi connectivity index (χ3n) is 5.78. The number of piperazine rings is 1. The quantitative estimate of drug-likeness (QED) is 0.398. The van der Waals surface area contributed by atoms with Gasteiger partial charge in [0.1, 0.15) is 13.1 Å². The number of H-pyrrole nitrogens is 3. The molecule has 1 aliphatic heterocycles. The van der Waals surface area contributed by atoms with Gasteiger partial charge in [-0.15, -0.1) is 0 Å². The first-order valence-electron chi connectivity index (χ1n) is 10.7. The molecule has 5 rings (SSSR count). The summed E-state index contributed by atoms with van der Waals surface area (Å²) in [5.41, 5.74) is 1.35. The van der Waals surface area contributed by atoms with Crippen molar-refractivity contribution in [3.05, 3.63) is 82.9 Å². The van der Waals surface area contributed by atoms with Gasteiger partial charge in [-0.05, 0) is 48.5 Å². The Kier molecular flexibility index (Phi) is 5.54. The average molecular weight is 480 g/mol. The van der Waals surface area contributed by atoms with Crippen molar-refractivity contribution in [2.45, 2.75) is 4.90 Å². The normalized spacial score (nSPS) is 14.4. The fourth-order valence-corrected chi connectivity index (χ4v) is 5.07. The van der Waals surface area contributed by atoms with Crippen molar-refractivity contribution in [2.75, 3.05) is 35.8 Å². The van der Waals surface area contributed by atoms with E-state index in [4.69, 9.17) is 0 Å². The average Bonchev–Trinajstić information content (AvgIpc) is 3.24. The molecule has 4 N–H and O–H groups in total. The first-order valence-corrected chi connectivity index (χ1v) is 12.2. The molecule has 2 aromatic heterocycles. The van der Waals surface area contributed by atoms with Crippen LogP contribution in [-0.4, -0.2) is 55.4 Å². The Morgan fingerprint density at radius 2 is 1.65 bits per heavy atom. The molecule has 1 saturated heterocycles. The summed E-state index contributed by atoms with van der Waals surface area (Å²) in [5, 5.41) is 0. The fraction of sp³-hybridized carbons (Fsp3) is 0.174. The summed E-state index contributed by atoms with van der Waals surface area (Å²) < 4.78 is 28.1. The van der Waals surface area contributed by atoms with Crippen molar-refractivity contribution in [3.63, 3.8) is 0 Å². The lowest BCUT2D eigenvalue weighted by atomic mass is 10.1. The minimum absolute atomic E-state index is 0.0175. The molecule has 10 nitrogen and oxygen atoms in total. The Hall–Kier alpha value is -4.12. The van der Waals surface area contributed by atoms with E-state index >= 15 is 0 Å². The van der Waals surface area contributed by atoms with Gasteiger partial charge in [0.15, 0.2) is 0 Å². The minimum atomic E-state index is -3.87. The molecule has 2 aromatic carbocycles. The lowest BCUT2D eigenvalue weighted by molar-refractivity contribution is -0.364. The molecule has 1 amide bonds. The highest BCUT2D eigenvalue weighted by atomic mass is 32.2. The van der Waals surface area contributed by atoms with E-state index in [0.29, 0.717) is 35.4 Å². The van der Waals surface area contributed by atoms with Crippen molar-refractivity contribution in [2.24, 2.45) is 0 Å². The smallest absolute Gasteiger partial charge is 0.323 e. The monoisotopic (exact) mass is 479 g/mol. The summed E-state index contributed by atoms with van der Waals surface area (Å²) in [7, 11) is -3.87. The van der Waals surface area contributed by atoms with E-state index in [2.05, 4.69) is 24.6 Å². The van der Waals surface area contributed by atoms with Gasteiger partial charge in [0.2, 0.25) is 0 Å². The zero-order valence-electron chi connectivity index (χ0n) is 18.1. The second-order valence-electron chi connectivity index (χ2n) is 8.00. The number of carbonyl (C=O) groups excluding carboxylic acids is 1. The molecule has 11 heteroatoms. The summed E-state index contributed by atoms with van der Waals surface area (Å²) in [6, 6.07) is 16.6. The summed E-state index contributed by atoms with van der Waals surface area (Å²) in [5.74, 6) is 0.932. The molecule has 0 atom stereocenters. The number of aromatic nitrogens is 3. The highest BCUT2D eigenvalue weighted by Crippen LogP contribution is 2.20. The number of fused-ring (bicyclic) bond motifs is 1. The number of anilines is 2. The van der Waals surface area contributed by atoms with Gasteiger partial charge in [-0.25, -0.2) is 18.2 Å². The van der Waals surface area contributed by atoms with Crippen LogP contribution < -0.4 is 20.3 Å². The Morgan fingerprint density at radius 3 is 2.35 bits per heavy atom. The third-order valence-corrected chi connectivity index (χ3v) is 7.16. The number of pyridine rings is 1. The first-order chi connectivity index (χ1) is 16.4. The number of nitrogens with zero attached hydrogens (tertiary/aromatic N) is 2. The standard InChI is InChI=1S/C23H22N6O4S/c30-22(29-13-11-28(12-14-29)21-3-1-2-10-24-21)16-4-6-17(7-5-16)27-34(32,33)18-8-9-19-20(15-18)26-23(31)25-19/h1-10,15,27H,11-14H2,(H2,25,26,31)/p+1. The molecule has 174 valence electrons. The van der Waals surface area contributed by atoms with E-state index in [0.717, 1.165) is 18.9 Å². The highest BCUT2D eigenvalue weighted by molar-refractivity contribution is 7.92. The van der Waals surface area contributed by atoms with Gasteiger partial charge >= 0.3 is 5.69 Å². The van der Waals surface area contributed by atoms with Crippen LogP contribution >= 0.6 is 0 Å². The molecule has 0 aliphatic carbocycles. The molecular weight excluding hydrogens is 456 g/mol. The van der Waals surface area contributed by atoms with Crippen LogP contribution in [0.5, 0.6) is 0 Å². The number of carbonyl (C=O) groups is 1. The van der Waals surface area contributed by atoms with E-state index in [-0.39, 0.29) is 10.8 Å². The Bertz CT molecular complexity index is 1490. The molecule has 4 aromatic rings. The number of sulfonamides is 1. The number of aromatic amines is 3. The number of hydrogen-bond donors (Lipinski definition) is 3. The second-order valence-corrected chi connectivity index (χ2v) is 9.68. The topological polar surface area (TPSA) is 133 Å². The van der Waals surface area contributed by atoms with Gasteiger partial charge in [0, 0.05) is 17.3 Å². The van der Waals surface area contributed by atoms with E-state index in [9.17, 15) is 18.0 Å². The van der Waals surface area contributed by atoms with Crippen molar-refractivity contribution in [3.8, 4) is 0 Å². The molecule has 0 saturated carbocycles. The van der Waals surface area contributed by atoms with E-state index in [1.165, 1.54) is 18.2 Å². The van der Waals surface area contributed by atoms with Crippen LogP contribution in [0.15, 0.2) is 76.6 Å². The van der Waals surface area contributed by atoms with E-state index in [1.807, 2.05) is 24.4 Å². The summed E-state index contributed by atoms with van der Waals surface area (Å²) >= 11 is 0. The van der Waals surface area contributed by atoms with Gasteiger partial charge in [-0.2, -0.15) is 0 Å². The molecule has 34 heavy (non-hydrogen) atoms. The van der Waals surface area contributed by atoms with Crippen LogP contribution in [0.25, 0.3) is 11.0 Å². The van der Waals surface area contributed by atoms with Crippen molar-refractivity contribution in [1.29, 1.82) is 0 Å². The van der Waals surface area contributed by atoms with Crippen molar-refractivity contribution >= 4 is 38.5 Å². The van der Waals surface area contributed by atoms with Crippen LogP contribution in [-0.2, 0) is 10.0 Å². The zero-order valence-corrected chi connectivity index (χ0v) is 18.9. The van der Waals surface area contributed by atoms with Gasteiger partial charge < -0.3 is 14.9 Å². The van der Waals surface area contributed by atoms with Gasteiger partial charge in [-0.3, -0.25) is 14.4 Å². The zero-order chi connectivity index (χ0) is 23.7. The Balaban J connectivity index is 1.24. The number of imidazole rings is 1. The maximum Gasteiger partial charge on any atom is 0.323 e. The lowest BCUT2D eigenvalue weighted by Crippen LogP contribution is -2.50. The van der Waals surface area contributed by atoms with Gasteiger partial charge in [0.05, 0.1) is 35.2 Å². The SMILES string of the molecule is O=C(c1ccc(NS(=O)(=O)c2ccc3[nH]c(=O)[nH]c3c2)cc1)N1CCN(c2cccc[nH+]2)CC1. The molecule has 0 bridgehead atoms. The van der Waals surface area contributed by atoms with E-state index < -0.39 is 15.7 Å². The maximum atomic E-state index is 12.9. The number of amides is 1. The molecule has 0 unspecified atom stereocenters. The molecule has 3 heterocycles. The summed E-state index contributed by atoms with van der Waals surface area (Å²) in [6.07, 6.45) is 1.88. The molecular formula is C23H23N6O4S+. The first kappa shape index (κ1) is 21.7. The second kappa shape index (κ2) is 8.67. The van der Waals surface area contributed by atoms with Crippen LogP contribution in [0.4, 0.5) is 11.5 Å². The molecule has 0 spiro atoms. The van der Waals surface area contributed by atoms with Crippen molar-refractivity contribution in [1.82, 2.24) is 14.9 Å². The van der Waals surface area contributed by atoms with Crippen LogP contribution in [0.1, 0.15) is 10.4 Å². The predicted octanol–water partition coefficient (Wildman–Crippen LogP) is 1.43. The number of rotatable bonds is 5. The van der Waals surface area contributed by atoms with Crippen LogP contribution in [0.2, 0.25) is 0 Å². The molecule has 1 aliphatic rings. The minimum Gasteiger partial charge on any atom is -0.331 e. The lowest BCUT2D eigenvalue weighted by Gasteiger charge is -2.31. The fourth-order valence-electron chi connectivity index (χ4n) is 3.99. The van der Waals surface area contributed by atoms with Crippen LogP contribution in [0.3, 0.4) is 0 Å². The highest BCUT2D eigenvalue weighted by Gasteiger charge is 2.26. The van der Waals surface area contributed by atoms with Gasteiger partial charge in [-0.1, -0.05) is 6.07 Å². The molecule has 0 radical (unpaired) electrons. The number of hydrogen-bond acceptors (Lipinski definition) is 5.